The third-order valence-corrected chi connectivity index (χ3v) is 4.64. The summed E-state index contributed by atoms with van der Waals surface area (Å²) in [4.78, 5) is 11.0. The first-order valence-corrected chi connectivity index (χ1v) is 8.74. The Morgan fingerprint density at radius 2 is 1.73 bits per heavy atom. The molecule has 0 aliphatic rings. The van der Waals surface area contributed by atoms with Crippen LogP contribution in [0.15, 0.2) is 12.1 Å². The number of hydrogen-bond donors (Lipinski definition) is 0. The van der Waals surface area contributed by atoms with Crippen molar-refractivity contribution in [2.24, 2.45) is 0 Å². The molecule has 0 radical (unpaired) electrons. The summed E-state index contributed by atoms with van der Waals surface area (Å²) >= 11 is 0. The van der Waals surface area contributed by atoms with Crippen molar-refractivity contribution in [3.8, 4) is 5.75 Å². The second-order valence-electron chi connectivity index (χ2n) is 5.86. The van der Waals surface area contributed by atoms with Gasteiger partial charge in [0.2, 0.25) is 0 Å². The summed E-state index contributed by atoms with van der Waals surface area (Å²) in [7, 11) is -1.42. The molecule has 0 aliphatic heterocycles. The Morgan fingerprint density at radius 1 is 1.14 bits per heavy atom. The first-order valence-electron chi connectivity index (χ1n) is 7.65. The van der Waals surface area contributed by atoms with Crippen LogP contribution in [0.2, 0.25) is 0 Å². The van der Waals surface area contributed by atoms with E-state index >= 15 is 0 Å². The molecule has 0 bridgehead atoms. The fourth-order valence-corrected chi connectivity index (χ4v) is 3.47. The molecule has 0 unspecified atom stereocenters. The Morgan fingerprint density at radius 3 is 2.23 bits per heavy atom. The number of aryl methyl sites for hydroxylation is 2. The molecule has 0 amide bonds. The SMILES string of the molecule is CCOP(OCC)Oc1cc(C)cc(C)c1C(C)(C)CC=O. The number of hydrogen-bond acceptors (Lipinski definition) is 4. The number of carbonyl (C=O) groups is 1. The highest BCUT2D eigenvalue weighted by atomic mass is 31.2. The summed E-state index contributed by atoms with van der Waals surface area (Å²) in [6.07, 6.45) is 1.39. The van der Waals surface area contributed by atoms with Crippen molar-refractivity contribution in [3.63, 3.8) is 0 Å². The fraction of sp³-hybridized carbons (Fsp3) is 0.588. The number of rotatable bonds is 9. The molecule has 0 aliphatic carbocycles. The van der Waals surface area contributed by atoms with Crippen molar-refractivity contribution in [2.45, 2.75) is 53.4 Å². The smallest absolute Gasteiger partial charge is 0.397 e. The maximum atomic E-state index is 11.0. The quantitative estimate of drug-likeness (QED) is 0.481. The lowest BCUT2D eigenvalue weighted by Gasteiger charge is -2.29. The monoisotopic (exact) mass is 326 g/mol. The van der Waals surface area contributed by atoms with Crippen molar-refractivity contribution in [1.29, 1.82) is 0 Å². The van der Waals surface area contributed by atoms with Crippen molar-refractivity contribution in [3.05, 3.63) is 28.8 Å². The van der Waals surface area contributed by atoms with E-state index in [9.17, 15) is 4.79 Å². The average Bonchev–Trinajstić information content (AvgIpc) is 2.37. The van der Waals surface area contributed by atoms with Gasteiger partial charge in [-0.25, -0.2) is 0 Å². The van der Waals surface area contributed by atoms with Crippen LogP contribution in [-0.4, -0.2) is 19.5 Å². The van der Waals surface area contributed by atoms with Crippen LogP contribution in [0, 0.1) is 13.8 Å². The van der Waals surface area contributed by atoms with E-state index in [4.69, 9.17) is 13.6 Å². The minimum atomic E-state index is -1.42. The molecule has 0 atom stereocenters. The molecular formula is C17H27O4P. The molecule has 0 spiro atoms. The van der Waals surface area contributed by atoms with Gasteiger partial charge in [0.05, 0.1) is 13.2 Å². The third-order valence-electron chi connectivity index (χ3n) is 3.36. The zero-order chi connectivity index (χ0) is 16.8. The van der Waals surface area contributed by atoms with Crippen LogP contribution < -0.4 is 4.52 Å². The lowest BCUT2D eigenvalue weighted by Crippen LogP contribution is -2.20. The summed E-state index contributed by atoms with van der Waals surface area (Å²) in [5, 5.41) is 0. The normalized spacial score (nSPS) is 11.8. The molecule has 0 saturated carbocycles. The standard InChI is InChI=1S/C17H27O4P/c1-7-19-22(20-8-2)21-15-12-13(3)11-14(4)16(15)17(5,6)9-10-18/h10-12H,7-9H2,1-6H3. The molecule has 124 valence electrons. The summed E-state index contributed by atoms with van der Waals surface area (Å²) in [5.41, 5.74) is 2.97. The average molecular weight is 326 g/mol. The number of aldehydes is 1. The Bertz CT molecular complexity index is 494. The van der Waals surface area contributed by atoms with Gasteiger partial charge >= 0.3 is 8.60 Å². The Balaban J connectivity index is 3.24. The largest absolute Gasteiger partial charge is 0.426 e. The summed E-state index contributed by atoms with van der Waals surface area (Å²) in [6, 6.07) is 4.10. The molecule has 1 rings (SSSR count). The van der Waals surface area contributed by atoms with Crippen LogP contribution in [0.25, 0.3) is 0 Å². The van der Waals surface area contributed by atoms with Crippen LogP contribution >= 0.6 is 8.60 Å². The summed E-state index contributed by atoms with van der Waals surface area (Å²) < 4.78 is 17.1. The van der Waals surface area contributed by atoms with E-state index in [1.54, 1.807) is 0 Å². The van der Waals surface area contributed by atoms with E-state index in [-0.39, 0.29) is 5.41 Å². The lowest BCUT2D eigenvalue weighted by molar-refractivity contribution is -0.108. The molecule has 4 nitrogen and oxygen atoms in total. The minimum absolute atomic E-state index is 0.297. The minimum Gasteiger partial charge on any atom is -0.426 e. The van der Waals surface area contributed by atoms with Crippen molar-refractivity contribution in [2.75, 3.05) is 13.2 Å². The van der Waals surface area contributed by atoms with Gasteiger partial charge in [-0.3, -0.25) is 0 Å². The topological polar surface area (TPSA) is 44.8 Å². The summed E-state index contributed by atoms with van der Waals surface area (Å²) in [6.45, 7) is 13.1. The van der Waals surface area contributed by atoms with Crippen molar-refractivity contribution < 1.29 is 18.4 Å². The second-order valence-corrected chi connectivity index (χ2v) is 7.01. The maximum absolute atomic E-state index is 11.0. The summed E-state index contributed by atoms with van der Waals surface area (Å²) in [5.74, 6) is 0.748. The highest BCUT2D eigenvalue weighted by Gasteiger charge is 2.28. The van der Waals surface area contributed by atoms with Crippen LogP contribution in [0.1, 0.15) is 50.8 Å². The van der Waals surface area contributed by atoms with E-state index in [0.29, 0.717) is 19.6 Å². The van der Waals surface area contributed by atoms with Gasteiger partial charge in [-0.05, 0) is 44.9 Å². The number of benzene rings is 1. The first-order chi connectivity index (χ1) is 10.4. The molecular weight excluding hydrogens is 299 g/mol. The fourth-order valence-electron chi connectivity index (χ4n) is 2.56. The van der Waals surface area contributed by atoms with E-state index in [0.717, 1.165) is 28.7 Å². The lowest BCUT2D eigenvalue weighted by atomic mass is 9.79. The van der Waals surface area contributed by atoms with Crippen molar-refractivity contribution >= 4 is 14.9 Å². The molecule has 1 aromatic carbocycles. The van der Waals surface area contributed by atoms with Gasteiger partial charge in [0.15, 0.2) is 0 Å². The highest BCUT2D eigenvalue weighted by Crippen LogP contribution is 2.46. The van der Waals surface area contributed by atoms with Gasteiger partial charge in [-0.15, -0.1) is 0 Å². The van der Waals surface area contributed by atoms with Gasteiger partial charge in [-0.2, -0.15) is 0 Å². The number of carbonyl (C=O) groups excluding carboxylic acids is 1. The predicted octanol–water partition coefficient (Wildman–Crippen LogP) is 4.85. The molecule has 0 N–H and O–H groups in total. The zero-order valence-electron chi connectivity index (χ0n) is 14.4. The van der Waals surface area contributed by atoms with E-state index < -0.39 is 8.60 Å². The van der Waals surface area contributed by atoms with E-state index in [2.05, 4.69) is 19.9 Å². The Hall–Kier alpha value is -0.960. The van der Waals surface area contributed by atoms with Crippen LogP contribution in [0.3, 0.4) is 0 Å². The predicted molar refractivity (Wildman–Crippen MR) is 90.4 cm³/mol. The molecule has 0 saturated heterocycles. The third kappa shape index (κ3) is 5.05. The van der Waals surface area contributed by atoms with Gasteiger partial charge in [0.25, 0.3) is 0 Å². The zero-order valence-corrected chi connectivity index (χ0v) is 15.3. The first kappa shape index (κ1) is 19.1. The molecule has 1 aromatic rings. The molecule has 0 heterocycles. The van der Waals surface area contributed by atoms with Crippen LogP contribution in [-0.2, 0) is 19.3 Å². The van der Waals surface area contributed by atoms with Gasteiger partial charge < -0.3 is 18.4 Å². The second kappa shape index (κ2) is 8.61. The highest BCUT2D eigenvalue weighted by molar-refractivity contribution is 7.42. The molecule has 5 heteroatoms. The van der Waals surface area contributed by atoms with Crippen LogP contribution in [0.5, 0.6) is 5.75 Å². The van der Waals surface area contributed by atoms with Crippen molar-refractivity contribution in [1.82, 2.24) is 0 Å². The Kier molecular flexibility index (Phi) is 7.47. The van der Waals surface area contributed by atoms with Crippen LogP contribution in [0.4, 0.5) is 0 Å². The van der Waals surface area contributed by atoms with Gasteiger partial charge in [0.1, 0.15) is 12.0 Å². The maximum Gasteiger partial charge on any atom is 0.397 e. The molecule has 22 heavy (non-hydrogen) atoms. The van der Waals surface area contributed by atoms with E-state index in [1.807, 2.05) is 33.8 Å². The Labute approximate surface area is 135 Å². The van der Waals surface area contributed by atoms with E-state index in [1.165, 1.54) is 0 Å². The van der Waals surface area contributed by atoms with Gasteiger partial charge in [0, 0.05) is 17.4 Å². The van der Waals surface area contributed by atoms with Gasteiger partial charge in [-0.1, -0.05) is 19.9 Å². The molecule has 0 aromatic heterocycles. The molecule has 0 fully saturated rings.